The third-order valence-corrected chi connectivity index (χ3v) is 4.17. The van der Waals surface area contributed by atoms with E-state index in [9.17, 15) is 9.59 Å². The molecule has 1 aromatic rings. The van der Waals surface area contributed by atoms with Crippen LogP contribution in [-0.4, -0.2) is 41.7 Å². The number of benzene rings is 1. The van der Waals surface area contributed by atoms with Gasteiger partial charge in [-0.05, 0) is 36.1 Å². The van der Waals surface area contributed by atoms with E-state index in [1.165, 1.54) is 0 Å². The Hall–Kier alpha value is -1.92. The van der Waals surface area contributed by atoms with Crippen molar-refractivity contribution in [3.63, 3.8) is 0 Å². The van der Waals surface area contributed by atoms with E-state index >= 15 is 0 Å². The van der Waals surface area contributed by atoms with E-state index in [-0.39, 0.29) is 11.8 Å². The summed E-state index contributed by atoms with van der Waals surface area (Å²) in [5, 5.41) is 8.66. The standard InChI is InChI=1S/C15H18N2O4/c18-14(16-20)11-1-2-12-8-17(5-3-10(12)7-11)15(19)13-4-6-21-9-13/h1-2,7,13,20H,3-6,8-9H2,(H,16,18). The first-order valence-electron chi connectivity index (χ1n) is 7.12. The smallest absolute Gasteiger partial charge is 0.274 e. The third-order valence-electron chi connectivity index (χ3n) is 4.17. The van der Waals surface area contributed by atoms with Gasteiger partial charge in [0.05, 0.1) is 12.5 Å². The van der Waals surface area contributed by atoms with Gasteiger partial charge in [0.15, 0.2) is 0 Å². The molecular weight excluding hydrogens is 272 g/mol. The van der Waals surface area contributed by atoms with Gasteiger partial charge in [0.25, 0.3) is 5.91 Å². The monoisotopic (exact) mass is 290 g/mol. The summed E-state index contributed by atoms with van der Waals surface area (Å²) in [5.74, 6) is -0.360. The number of carbonyl (C=O) groups excluding carboxylic acids is 2. The molecule has 1 unspecified atom stereocenters. The number of hydroxylamine groups is 1. The van der Waals surface area contributed by atoms with Gasteiger partial charge in [-0.25, -0.2) is 5.48 Å². The van der Waals surface area contributed by atoms with Gasteiger partial charge < -0.3 is 9.64 Å². The Morgan fingerprint density at radius 3 is 2.90 bits per heavy atom. The molecule has 6 heteroatoms. The number of carbonyl (C=O) groups is 2. The van der Waals surface area contributed by atoms with Gasteiger partial charge in [-0.2, -0.15) is 0 Å². The molecule has 2 aliphatic rings. The zero-order valence-electron chi connectivity index (χ0n) is 11.7. The summed E-state index contributed by atoms with van der Waals surface area (Å²) in [5.41, 5.74) is 4.18. The second-order valence-electron chi connectivity index (χ2n) is 5.49. The van der Waals surface area contributed by atoms with Crippen molar-refractivity contribution in [2.75, 3.05) is 19.8 Å². The second-order valence-corrected chi connectivity index (χ2v) is 5.49. The molecule has 112 valence electrons. The van der Waals surface area contributed by atoms with Crippen LogP contribution in [0.1, 0.15) is 27.9 Å². The zero-order valence-corrected chi connectivity index (χ0v) is 11.7. The summed E-state index contributed by atoms with van der Waals surface area (Å²) in [6, 6.07) is 5.29. The average molecular weight is 290 g/mol. The molecule has 6 nitrogen and oxygen atoms in total. The molecule has 2 amide bonds. The minimum atomic E-state index is -0.514. The molecule has 0 aliphatic carbocycles. The van der Waals surface area contributed by atoms with Crippen LogP contribution < -0.4 is 5.48 Å². The topological polar surface area (TPSA) is 78.9 Å². The highest BCUT2D eigenvalue weighted by Crippen LogP contribution is 2.24. The van der Waals surface area contributed by atoms with E-state index in [1.54, 1.807) is 17.6 Å². The number of rotatable bonds is 2. The molecule has 21 heavy (non-hydrogen) atoms. The van der Waals surface area contributed by atoms with Crippen molar-refractivity contribution in [1.82, 2.24) is 10.4 Å². The van der Waals surface area contributed by atoms with Crippen molar-refractivity contribution >= 4 is 11.8 Å². The van der Waals surface area contributed by atoms with Gasteiger partial charge in [-0.15, -0.1) is 0 Å². The minimum Gasteiger partial charge on any atom is -0.381 e. The lowest BCUT2D eigenvalue weighted by Crippen LogP contribution is -2.40. The molecule has 0 spiro atoms. The molecule has 2 aliphatic heterocycles. The van der Waals surface area contributed by atoms with Gasteiger partial charge in [0.1, 0.15) is 0 Å². The molecule has 1 aromatic carbocycles. The van der Waals surface area contributed by atoms with Crippen molar-refractivity contribution in [3.8, 4) is 0 Å². The molecule has 3 rings (SSSR count). The summed E-state index contributed by atoms with van der Waals surface area (Å²) in [6.45, 7) is 2.43. The molecule has 0 saturated carbocycles. The van der Waals surface area contributed by atoms with E-state index < -0.39 is 5.91 Å². The zero-order chi connectivity index (χ0) is 14.8. The molecule has 2 heterocycles. The van der Waals surface area contributed by atoms with Crippen molar-refractivity contribution in [2.45, 2.75) is 19.4 Å². The molecule has 2 N–H and O–H groups in total. The number of nitrogens with one attached hydrogen (secondary N) is 1. The molecule has 1 fully saturated rings. The first-order valence-corrected chi connectivity index (χ1v) is 7.12. The van der Waals surface area contributed by atoms with E-state index in [2.05, 4.69) is 0 Å². The Balaban J connectivity index is 1.73. The first kappa shape index (κ1) is 14.0. The van der Waals surface area contributed by atoms with Crippen molar-refractivity contribution < 1.29 is 19.5 Å². The maximum atomic E-state index is 12.4. The predicted octanol–water partition coefficient (Wildman–Crippen LogP) is 0.727. The van der Waals surface area contributed by atoms with Crippen LogP contribution in [0, 0.1) is 5.92 Å². The summed E-state index contributed by atoms with van der Waals surface area (Å²) >= 11 is 0. The molecular formula is C15H18N2O4. The fourth-order valence-electron chi connectivity index (χ4n) is 2.93. The summed E-state index contributed by atoms with van der Waals surface area (Å²) in [6.07, 6.45) is 1.53. The van der Waals surface area contributed by atoms with Gasteiger partial charge in [-0.3, -0.25) is 14.8 Å². The lowest BCUT2D eigenvalue weighted by molar-refractivity contribution is -0.136. The van der Waals surface area contributed by atoms with Gasteiger partial charge in [0.2, 0.25) is 5.91 Å². The van der Waals surface area contributed by atoms with Crippen LogP contribution in [0.3, 0.4) is 0 Å². The Kier molecular flexibility index (Phi) is 3.90. The molecule has 0 aromatic heterocycles. The number of hydrogen-bond acceptors (Lipinski definition) is 4. The van der Waals surface area contributed by atoms with E-state index in [0.717, 1.165) is 24.0 Å². The van der Waals surface area contributed by atoms with Crippen molar-refractivity contribution in [2.24, 2.45) is 5.92 Å². The van der Waals surface area contributed by atoms with Crippen LogP contribution in [0.4, 0.5) is 0 Å². The van der Waals surface area contributed by atoms with Crippen LogP contribution in [0.25, 0.3) is 0 Å². The molecule has 1 atom stereocenters. The Morgan fingerprint density at radius 2 is 2.19 bits per heavy atom. The van der Waals surface area contributed by atoms with Crippen LogP contribution in [-0.2, 0) is 22.5 Å². The summed E-state index contributed by atoms with van der Waals surface area (Å²) in [4.78, 5) is 25.7. The van der Waals surface area contributed by atoms with Crippen LogP contribution in [0.15, 0.2) is 18.2 Å². The Labute approximate surface area is 122 Å². The summed E-state index contributed by atoms with van der Waals surface area (Å²) < 4.78 is 5.28. The number of hydrogen-bond donors (Lipinski definition) is 2. The number of amides is 2. The lowest BCUT2D eigenvalue weighted by Gasteiger charge is -2.30. The fourth-order valence-corrected chi connectivity index (χ4v) is 2.93. The van der Waals surface area contributed by atoms with Gasteiger partial charge >= 0.3 is 0 Å². The molecule has 0 radical (unpaired) electrons. The lowest BCUT2D eigenvalue weighted by atomic mass is 9.96. The highest BCUT2D eigenvalue weighted by Gasteiger charge is 2.30. The normalized spacial score (nSPS) is 21.0. The first-order chi connectivity index (χ1) is 10.2. The van der Waals surface area contributed by atoms with Crippen molar-refractivity contribution in [1.29, 1.82) is 0 Å². The number of nitrogens with zero attached hydrogens (tertiary/aromatic N) is 1. The SMILES string of the molecule is O=C(NO)c1ccc2c(c1)CCN(C(=O)C1CCOC1)C2. The predicted molar refractivity (Wildman–Crippen MR) is 73.7 cm³/mol. The maximum Gasteiger partial charge on any atom is 0.274 e. The average Bonchev–Trinajstić information content (AvgIpc) is 3.06. The van der Waals surface area contributed by atoms with E-state index in [0.29, 0.717) is 31.9 Å². The maximum absolute atomic E-state index is 12.4. The molecule has 0 bridgehead atoms. The molecule has 1 saturated heterocycles. The van der Waals surface area contributed by atoms with Gasteiger partial charge in [0, 0.05) is 25.3 Å². The largest absolute Gasteiger partial charge is 0.381 e. The van der Waals surface area contributed by atoms with Crippen LogP contribution in [0.5, 0.6) is 0 Å². The third kappa shape index (κ3) is 2.77. The highest BCUT2D eigenvalue weighted by molar-refractivity contribution is 5.93. The van der Waals surface area contributed by atoms with E-state index in [1.807, 2.05) is 11.0 Å². The fraction of sp³-hybridized carbons (Fsp3) is 0.467. The van der Waals surface area contributed by atoms with E-state index in [4.69, 9.17) is 9.94 Å². The number of ether oxygens (including phenoxy) is 1. The van der Waals surface area contributed by atoms with Gasteiger partial charge in [-0.1, -0.05) is 6.07 Å². The minimum absolute atomic E-state index is 0.00834. The second kappa shape index (κ2) is 5.83. The highest BCUT2D eigenvalue weighted by atomic mass is 16.5. The number of fused-ring (bicyclic) bond motifs is 1. The van der Waals surface area contributed by atoms with Crippen molar-refractivity contribution in [3.05, 3.63) is 34.9 Å². The Morgan fingerprint density at radius 1 is 1.33 bits per heavy atom. The Bertz CT molecular complexity index is 567. The van der Waals surface area contributed by atoms with Crippen LogP contribution in [0.2, 0.25) is 0 Å². The summed E-state index contributed by atoms with van der Waals surface area (Å²) in [7, 11) is 0. The quantitative estimate of drug-likeness (QED) is 0.621. The van der Waals surface area contributed by atoms with Crippen LogP contribution >= 0.6 is 0 Å².